The number of benzene rings is 2. The summed E-state index contributed by atoms with van der Waals surface area (Å²) in [6, 6.07) is 18.8. The van der Waals surface area contributed by atoms with Crippen LogP contribution in [0.15, 0.2) is 65.3 Å². The van der Waals surface area contributed by atoms with Crippen LogP contribution in [0.5, 0.6) is 5.95 Å². The number of hydrogen-bond acceptors (Lipinski definition) is 5. The Morgan fingerprint density at radius 2 is 1.83 bits per heavy atom. The highest BCUT2D eigenvalue weighted by molar-refractivity contribution is 5.74. The fourth-order valence-electron chi connectivity index (χ4n) is 4.03. The van der Waals surface area contributed by atoms with Crippen molar-refractivity contribution in [1.29, 1.82) is 0 Å². The molecule has 4 rings (SSSR count). The van der Waals surface area contributed by atoms with Crippen LogP contribution in [0.25, 0.3) is 0 Å². The smallest absolute Gasteiger partial charge is 0.288 e. The van der Waals surface area contributed by atoms with Crippen molar-refractivity contribution in [3.05, 3.63) is 77.5 Å². The summed E-state index contributed by atoms with van der Waals surface area (Å²) in [4.78, 5) is 14.8. The van der Waals surface area contributed by atoms with Crippen LogP contribution in [-0.2, 0) is 30.7 Å². The summed E-state index contributed by atoms with van der Waals surface area (Å²) in [5.74, 6) is -0.769. The molecule has 2 aromatic carbocycles. The average molecular weight is 392 g/mol. The lowest BCUT2D eigenvalue weighted by Crippen LogP contribution is -2.56. The Balaban J connectivity index is 1.49. The molecule has 7 nitrogen and oxygen atoms in total. The SMILES string of the molecule is CN(Cc1ccccc1)C1(CNC(=O)C[n+]2cc([O-])on2)Cc2ccccc2C1. The second-order valence-electron chi connectivity index (χ2n) is 7.68. The maximum absolute atomic E-state index is 12.4. The molecule has 7 heteroatoms. The monoisotopic (exact) mass is 392 g/mol. The lowest BCUT2D eigenvalue weighted by atomic mass is 9.92. The first kappa shape index (κ1) is 19.1. The van der Waals surface area contributed by atoms with E-state index >= 15 is 0 Å². The minimum absolute atomic E-state index is 0.0445. The van der Waals surface area contributed by atoms with E-state index in [1.165, 1.54) is 27.6 Å². The van der Waals surface area contributed by atoms with Gasteiger partial charge in [0.15, 0.2) is 0 Å². The van der Waals surface area contributed by atoms with E-state index in [-0.39, 0.29) is 18.0 Å². The van der Waals surface area contributed by atoms with Crippen molar-refractivity contribution < 1.29 is 19.1 Å². The standard InChI is InChI=1S/C22H24N4O3/c1-25(13-17-7-3-2-4-8-17)22(11-18-9-5-6-10-19(18)12-22)16-23-20(27)14-26-15-21(28)29-24-26/h2-10,15H,11-14,16H2,1H3,(H-,23,24,27,28). The van der Waals surface area contributed by atoms with Crippen LogP contribution in [-0.4, -0.2) is 35.2 Å². The largest absolute Gasteiger partial charge is 0.539 e. The number of fused-ring (bicyclic) bond motifs is 1. The molecular weight excluding hydrogens is 368 g/mol. The molecule has 0 spiro atoms. The highest BCUT2D eigenvalue weighted by atomic mass is 16.6. The maximum Gasteiger partial charge on any atom is 0.288 e. The summed E-state index contributed by atoms with van der Waals surface area (Å²) in [6.45, 7) is 1.26. The average Bonchev–Trinajstić information content (AvgIpc) is 3.31. The molecule has 0 radical (unpaired) electrons. The highest BCUT2D eigenvalue weighted by Crippen LogP contribution is 2.34. The minimum atomic E-state index is -0.567. The summed E-state index contributed by atoms with van der Waals surface area (Å²) in [6.07, 6.45) is 2.91. The number of carbonyl (C=O) groups excluding carboxylic acids is 1. The van der Waals surface area contributed by atoms with Gasteiger partial charge >= 0.3 is 0 Å². The lowest BCUT2D eigenvalue weighted by molar-refractivity contribution is -0.751. The molecular formula is C22H24N4O3. The first-order valence-corrected chi connectivity index (χ1v) is 9.66. The van der Waals surface area contributed by atoms with E-state index in [0.717, 1.165) is 19.4 Å². The van der Waals surface area contributed by atoms with Gasteiger partial charge in [-0.3, -0.25) is 9.69 Å². The van der Waals surface area contributed by atoms with Gasteiger partial charge in [0.1, 0.15) is 5.95 Å². The second kappa shape index (κ2) is 8.05. The van der Waals surface area contributed by atoms with Crippen molar-refractivity contribution in [2.75, 3.05) is 13.6 Å². The Bertz CT molecular complexity index is 961. The Labute approximate surface area is 169 Å². The van der Waals surface area contributed by atoms with Crippen molar-refractivity contribution in [3.63, 3.8) is 0 Å². The molecule has 0 fully saturated rings. The van der Waals surface area contributed by atoms with Gasteiger partial charge in [0.05, 0.1) is 5.27 Å². The van der Waals surface area contributed by atoms with E-state index in [2.05, 4.69) is 63.5 Å². The Hall–Kier alpha value is -3.19. The Morgan fingerprint density at radius 1 is 1.17 bits per heavy atom. The van der Waals surface area contributed by atoms with Gasteiger partial charge in [-0.2, -0.15) is 0 Å². The summed E-state index contributed by atoms with van der Waals surface area (Å²) >= 11 is 0. The van der Waals surface area contributed by atoms with Crippen LogP contribution in [0.1, 0.15) is 16.7 Å². The van der Waals surface area contributed by atoms with Gasteiger partial charge in [-0.15, -0.1) is 0 Å². The molecule has 1 aliphatic rings. The van der Waals surface area contributed by atoms with Crippen LogP contribution < -0.4 is 15.1 Å². The van der Waals surface area contributed by atoms with Crippen LogP contribution in [0.2, 0.25) is 0 Å². The molecule has 1 aliphatic carbocycles. The number of aromatic nitrogens is 2. The van der Waals surface area contributed by atoms with Crippen LogP contribution >= 0.6 is 0 Å². The first-order chi connectivity index (χ1) is 14.0. The van der Waals surface area contributed by atoms with Crippen LogP contribution in [0.3, 0.4) is 0 Å². The van der Waals surface area contributed by atoms with E-state index in [9.17, 15) is 9.90 Å². The van der Waals surface area contributed by atoms with Gasteiger partial charge in [0.25, 0.3) is 12.5 Å². The number of nitrogens with one attached hydrogen (secondary N) is 1. The topological polar surface area (TPSA) is 85.3 Å². The molecule has 1 N–H and O–H groups in total. The molecule has 29 heavy (non-hydrogen) atoms. The fourth-order valence-corrected chi connectivity index (χ4v) is 4.03. The zero-order chi connectivity index (χ0) is 20.3. The van der Waals surface area contributed by atoms with Crippen molar-refractivity contribution >= 4 is 5.91 Å². The lowest BCUT2D eigenvalue weighted by Gasteiger charge is -2.39. The third kappa shape index (κ3) is 4.30. The zero-order valence-electron chi connectivity index (χ0n) is 16.4. The predicted octanol–water partition coefficient (Wildman–Crippen LogP) is 0.822. The summed E-state index contributed by atoms with van der Waals surface area (Å²) < 4.78 is 5.69. The third-order valence-electron chi connectivity index (χ3n) is 5.64. The molecule has 0 aliphatic heterocycles. The quantitative estimate of drug-likeness (QED) is 0.602. The normalized spacial score (nSPS) is 14.7. The highest BCUT2D eigenvalue weighted by Gasteiger charge is 2.41. The molecule has 150 valence electrons. The number of carbonyl (C=O) groups is 1. The number of amides is 1. The van der Waals surface area contributed by atoms with Gasteiger partial charge in [-0.1, -0.05) is 59.3 Å². The minimum Gasteiger partial charge on any atom is -0.539 e. The molecule has 0 unspecified atom stereocenters. The molecule has 1 amide bonds. The number of nitrogens with zero attached hydrogens (tertiary/aromatic N) is 3. The first-order valence-electron chi connectivity index (χ1n) is 9.66. The van der Waals surface area contributed by atoms with Crippen molar-refractivity contribution in [2.45, 2.75) is 31.5 Å². The summed E-state index contributed by atoms with van der Waals surface area (Å²) in [7, 11) is 2.11. The zero-order valence-corrected chi connectivity index (χ0v) is 16.4. The predicted molar refractivity (Wildman–Crippen MR) is 104 cm³/mol. The molecule has 0 saturated carbocycles. The van der Waals surface area contributed by atoms with E-state index in [1.807, 2.05) is 18.2 Å². The van der Waals surface area contributed by atoms with E-state index < -0.39 is 5.95 Å². The van der Waals surface area contributed by atoms with E-state index in [1.54, 1.807) is 0 Å². The van der Waals surface area contributed by atoms with Crippen molar-refractivity contribution in [1.82, 2.24) is 15.5 Å². The number of rotatable bonds is 7. The molecule has 1 aromatic heterocycles. The van der Waals surface area contributed by atoms with Crippen LogP contribution in [0, 0.1) is 0 Å². The molecule has 3 aromatic rings. The van der Waals surface area contributed by atoms with Crippen molar-refractivity contribution in [3.8, 4) is 5.95 Å². The number of likely N-dealkylation sites (N-methyl/N-ethyl adjacent to an activating group) is 1. The maximum atomic E-state index is 12.4. The van der Waals surface area contributed by atoms with Gasteiger partial charge in [-0.25, -0.2) is 0 Å². The van der Waals surface area contributed by atoms with Crippen LogP contribution in [0.4, 0.5) is 0 Å². The van der Waals surface area contributed by atoms with E-state index in [0.29, 0.717) is 6.54 Å². The second-order valence-corrected chi connectivity index (χ2v) is 7.68. The Kier molecular flexibility index (Phi) is 5.31. The van der Waals surface area contributed by atoms with Gasteiger partial charge in [0, 0.05) is 18.6 Å². The third-order valence-corrected chi connectivity index (χ3v) is 5.64. The van der Waals surface area contributed by atoms with Crippen molar-refractivity contribution in [2.24, 2.45) is 0 Å². The molecule has 0 bridgehead atoms. The van der Waals surface area contributed by atoms with Gasteiger partial charge < -0.3 is 14.9 Å². The Morgan fingerprint density at radius 3 is 2.45 bits per heavy atom. The van der Waals surface area contributed by atoms with Gasteiger partial charge in [-0.05, 0) is 36.6 Å². The van der Waals surface area contributed by atoms with E-state index in [4.69, 9.17) is 0 Å². The summed E-state index contributed by atoms with van der Waals surface area (Å²) in [5.41, 5.74) is 3.66. The molecule has 0 atom stereocenters. The fraction of sp³-hybridized carbons (Fsp3) is 0.318. The number of hydrogen-bond donors (Lipinski definition) is 1. The molecule has 1 heterocycles. The van der Waals surface area contributed by atoms with Gasteiger partial charge in [0.2, 0.25) is 6.20 Å². The summed E-state index contributed by atoms with van der Waals surface area (Å²) in [5, 5.41) is 17.7. The molecule has 0 saturated heterocycles.